The molecular formula is C18H14ClN2O4S-. The van der Waals surface area contributed by atoms with Crippen LogP contribution in [0.3, 0.4) is 0 Å². The van der Waals surface area contributed by atoms with E-state index >= 15 is 0 Å². The van der Waals surface area contributed by atoms with E-state index in [9.17, 15) is 19.8 Å². The highest BCUT2D eigenvalue weighted by Gasteiger charge is 2.35. The molecule has 1 aliphatic rings. The number of rotatable bonds is 4. The molecular weight excluding hydrogens is 376 g/mol. The molecule has 1 fully saturated rings. The number of carbonyl (C=O) groups is 2. The number of phenolic OH excluding ortho intramolecular Hbond substituents is 1. The smallest absolute Gasteiger partial charge is 0.242 e. The highest BCUT2D eigenvalue weighted by atomic mass is 35.5. The Kier molecular flexibility index (Phi) is 5.20. The largest absolute Gasteiger partial charge is 0.545 e. The normalized spacial score (nSPS) is 18.5. The topological polar surface area (TPSA) is 93.0 Å². The molecule has 0 spiro atoms. The maximum atomic E-state index is 12.5. The van der Waals surface area contributed by atoms with Crippen LogP contribution in [0, 0.1) is 0 Å². The minimum atomic E-state index is -1.28. The average Bonchev–Trinajstić information content (AvgIpc) is 2.86. The molecule has 1 aliphatic heterocycles. The van der Waals surface area contributed by atoms with Crippen molar-refractivity contribution < 1.29 is 19.8 Å². The van der Waals surface area contributed by atoms with Crippen molar-refractivity contribution in [3.05, 3.63) is 58.6 Å². The van der Waals surface area contributed by atoms with Gasteiger partial charge in [0, 0.05) is 7.05 Å². The van der Waals surface area contributed by atoms with Crippen molar-refractivity contribution in [3.8, 4) is 5.75 Å². The summed E-state index contributed by atoms with van der Waals surface area (Å²) in [6.45, 7) is 0. The van der Waals surface area contributed by atoms with Crippen molar-refractivity contribution in [2.24, 2.45) is 4.99 Å². The lowest BCUT2D eigenvalue weighted by Crippen LogP contribution is -2.28. The SMILES string of the molecule is CN1C(=O)C(Cc2ccc(O)c(Cl)c2)SC1=Nc1cccc(C(=O)[O-])c1. The number of carboxylic acids is 1. The predicted octanol–water partition coefficient (Wildman–Crippen LogP) is 2.21. The van der Waals surface area contributed by atoms with Crippen LogP contribution >= 0.6 is 23.4 Å². The van der Waals surface area contributed by atoms with Crippen LogP contribution in [0.1, 0.15) is 15.9 Å². The summed E-state index contributed by atoms with van der Waals surface area (Å²) in [6, 6.07) is 10.9. The Balaban J connectivity index is 1.81. The molecule has 1 unspecified atom stereocenters. The van der Waals surface area contributed by atoms with Crippen LogP contribution < -0.4 is 5.11 Å². The molecule has 8 heteroatoms. The molecule has 6 nitrogen and oxygen atoms in total. The van der Waals surface area contributed by atoms with Crippen molar-refractivity contribution in [2.45, 2.75) is 11.7 Å². The molecule has 0 aromatic heterocycles. The van der Waals surface area contributed by atoms with Gasteiger partial charge in [0.25, 0.3) is 0 Å². The third kappa shape index (κ3) is 3.84. The molecule has 134 valence electrons. The summed E-state index contributed by atoms with van der Waals surface area (Å²) in [5.41, 5.74) is 1.29. The molecule has 0 bridgehead atoms. The first kappa shape index (κ1) is 18.3. The van der Waals surface area contributed by atoms with Crippen LogP contribution in [-0.2, 0) is 11.2 Å². The number of aliphatic imine (C=N–C) groups is 1. The number of aromatic hydroxyl groups is 1. The minimum absolute atomic E-state index is 0.00649. The van der Waals surface area contributed by atoms with E-state index in [-0.39, 0.29) is 27.5 Å². The first-order chi connectivity index (χ1) is 12.3. The van der Waals surface area contributed by atoms with E-state index in [1.807, 2.05) is 0 Å². The summed E-state index contributed by atoms with van der Waals surface area (Å²) in [5, 5.41) is 20.8. The minimum Gasteiger partial charge on any atom is -0.545 e. The van der Waals surface area contributed by atoms with Gasteiger partial charge < -0.3 is 15.0 Å². The fourth-order valence-corrected chi connectivity index (χ4v) is 3.90. The molecule has 3 rings (SSSR count). The number of carboxylic acid groups (broad SMARTS) is 1. The summed E-state index contributed by atoms with van der Waals surface area (Å²) in [7, 11) is 1.63. The lowest BCUT2D eigenvalue weighted by molar-refractivity contribution is -0.255. The molecule has 1 N–H and O–H groups in total. The fraction of sp³-hybridized carbons (Fsp3) is 0.167. The second-order valence-electron chi connectivity index (χ2n) is 5.73. The molecule has 1 amide bonds. The number of nitrogens with zero attached hydrogens (tertiary/aromatic N) is 2. The number of phenols is 1. The van der Waals surface area contributed by atoms with Crippen LogP contribution in [0.2, 0.25) is 5.02 Å². The molecule has 0 saturated carbocycles. The summed E-state index contributed by atoms with van der Waals surface area (Å²) in [4.78, 5) is 29.3. The number of carbonyl (C=O) groups excluding carboxylic acids is 2. The molecule has 26 heavy (non-hydrogen) atoms. The molecule has 1 saturated heterocycles. The highest BCUT2D eigenvalue weighted by Crippen LogP contribution is 2.32. The number of aromatic carboxylic acids is 1. The summed E-state index contributed by atoms with van der Waals surface area (Å²) in [6.07, 6.45) is 0.436. The molecule has 1 atom stereocenters. The van der Waals surface area contributed by atoms with E-state index in [1.165, 1.54) is 34.9 Å². The van der Waals surface area contributed by atoms with E-state index in [4.69, 9.17) is 11.6 Å². The number of amides is 1. The van der Waals surface area contributed by atoms with Gasteiger partial charge in [0.05, 0.1) is 21.9 Å². The molecule has 0 radical (unpaired) electrons. The Bertz CT molecular complexity index is 916. The second kappa shape index (κ2) is 7.39. The third-order valence-corrected chi connectivity index (χ3v) is 5.41. The maximum absolute atomic E-state index is 12.5. The third-order valence-electron chi connectivity index (χ3n) is 3.88. The van der Waals surface area contributed by atoms with Crippen LogP contribution in [-0.4, -0.2) is 39.3 Å². The number of halogens is 1. The van der Waals surface area contributed by atoms with Gasteiger partial charge in [-0.1, -0.05) is 41.6 Å². The molecule has 2 aromatic carbocycles. The van der Waals surface area contributed by atoms with Crippen LogP contribution in [0.4, 0.5) is 5.69 Å². The van der Waals surface area contributed by atoms with Gasteiger partial charge >= 0.3 is 0 Å². The Labute approximate surface area is 159 Å². The fourth-order valence-electron chi connectivity index (χ4n) is 2.50. The van der Waals surface area contributed by atoms with Crippen molar-refractivity contribution in [3.63, 3.8) is 0 Å². The van der Waals surface area contributed by atoms with Crippen LogP contribution in [0.15, 0.2) is 47.5 Å². The van der Waals surface area contributed by atoms with Gasteiger partial charge in [-0.3, -0.25) is 9.69 Å². The average molecular weight is 390 g/mol. The van der Waals surface area contributed by atoms with Gasteiger partial charge in [0.15, 0.2) is 5.17 Å². The first-order valence-electron chi connectivity index (χ1n) is 7.67. The zero-order valence-corrected chi connectivity index (χ0v) is 15.3. The van der Waals surface area contributed by atoms with E-state index in [1.54, 1.807) is 31.3 Å². The monoisotopic (exact) mass is 389 g/mol. The maximum Gasteiger partial charge on any atom is 0.242 e. The Morgan fingerprint density at radius 2 is 2.12 bits per heavy atom. The second-order valence-corrected chi connectivity index (χ2v) is 7.30. The molecule has 1 heterocycles. The van der Waals surface area contributed by atoms with E-state index in [2.05, 4.69) is 4.99 Å². The lowest BCUT2D eigenvalue weighted by Gasteiger charge is -2.09. The van der Waals surface area contributed by atoms with E-state index < -0.39 is 5.97 Å². The number of benzene rings is 2. The van der Waals surface area contributed by atoms with Crippen molar-refractivity contribution in [2.75, 3.05) is 7.05 Å². The van der Waals surface area contributed by atoms with Gasteiger partial charge in [-0.15, -0.1) is 0 Å². The summed E-state index contributed by atoms with van der Waals surface area (Å²) in [5.74, 6) is -1.39. The highest BCUT2D eigenvalue weighted by molar-refractivity contribution is 8.15. The van der Waals surface area contributed by atoms with E-state index in [0.717, 1.165) is 5.56 Å². The lowest BCUT2D eigenvalue weighted by atomic mass is 10.1. The first-order valence-corrected chi connectivity index (χ1v) is 8.92. The summed E-state index contributed by atoms with van der Waals surface area (Å²) < 4.78 is 0. The number of thioether (sulfide) groups is 1. The Morgan fingerprint density at radius 3 is 2.81 bits per heavy atom. The van der Waals surface area contributed by atoms with Crippen molar-refractivity contribution >= 4 is 46.1 Å². The van der Waals surface area contributed by atoms with Gasteiger partial charge in [0.1, 0.15) is 5.75 Å². The van der Waals surface area contributed by atoms with Crippen molar-refractivity contribution in [1.29, 1.82) is 0 Å². The van der Waals surface area contributed by atoms with E-state index in [0.29, 0.717) is 17.3 Å². The molecule has 0 aliphatic carbocycles. The van der Waals surface area contributed by atoms with Gasteiger partial charge in [-0.05, 0) is 41.8 Å². The van der Waals surface area contributed by atoms with Crippen molar-refractivity contribution in [1.82, 2.24) is 4.90 Å². The van der Waals surface area contributed by atoms with Gasteiger partial charge in [-0.25, -0.2) is 4.99 Å². The van der Waals surface area contributed by atoms with Crippen LogP contribution in [0.25, 0.3) is 0 Å². The number of hydrogen-bond acceptors (Lipinski definition) is 6. The zero-order valence-electron chi connectivity index (χ0n) is 13.7. The van der Waals surface area contributed by atoms with Gasteiger partial charge in [-0.2, -0.15) is 0 Å². The summed E-state index contributed by atoms with van der Waals surface area (Å²) >= 11 is 7.21. The van der Waals surface area contributed by atoms with Gasteiger partial charge in [0.2, 0.25) is 5.91 Å². The standard InChI is InChI=1S/C18H15ClN2O4S/c1-21-16(23)15(8-10-5-6-14(22)13(19)7-10)26-18(21)20-12-4-2-3-11(9-12)17(24)25/h2-7,9,15,22H,8H2,1H3,(H,24,25)/p-1. The van der Waals surface area contributed by atoms with Crippen LogP contribution in [0.5, 0.6) is 5.75 Å². The Hall–Kier alpha value is -2.51. The predicted molar refractivity (Wildman–Crippen MR) is 98.8 cm³/mol. The number of amidine groups is 1. The molecule has 2 aromatic rings. The quantitative estimate of drug-likeness (QED) is 0.865. The number of hydrogen-bond donors (Lipinski definition) is 1. The Morgan fingerprint density at radius 1 is 1.35 bits per heavy atom. The zero-order chi connectivity index (χ0) is 18.8.